The van der Waals surface area contributed by atoms with Crippen LogP contribution in [0.15, 0.2) is 24.3 Å². The second-order valence-electron chi connectivity index (χ2n) is 7.34. The summed E-state index contributed by atoms with van der Waals surface area (Å²) in [6, 6.07) is 7.81. The first-order valence-corrected chi connectivity index (χ1v) is 8.76. The van der Waals surface area contributed by atoms with E-state index < -0.39 is 0 Å². The molecule has 2 aliphatic rings. The Morgan fingerprint density at radius 1 is 1.09 bits per heavy atom. The maximum Gasteiger partial charge on any atom is 0.292 e. The van der Waals surface area contributed by atoms with E-state index in [0.29, 0.717) is 30.0 Å². The van der Waals surface area contributed by atoms with Gasteiger partial charge in [-0.1, -0.05) is 31.5 Å². The molecule has 1 saturated heterocycles. The number of aryl methyl sites for hydroxylation is 1. The fraction of sp³-hybridized carbons (Fsp3) is 0.579. The summed E-state index contributed by atoms with van der Waals surface area (Å²) < 4.78 is 0. The summed E-state index contributed by atoms with van der Waals surface area (Å²) in [6.45, 7) is 6.58. The molecule has 4 atom stereocenters. The Bertz CT molecular complexity index is 596. The highest BCUT2D eigenvalue weighted by molar-refractivity contribution is 6.21. The molecule has 0 unspecified atom stereocenters. The van der Waals surface area contributed by atoms with E-state index >= 15 is 0 Å². The van der Waals surface area contributed by atoms with Crippen molar-refractivity contribution in [3.05, 3.63) is 29.8 Å². The Hall–Kier alpha value is -1.68. The molecule has 1 saturated carbocycles. The second kappa shape index (κ2) is 6.44. The molecule has 0 aromatic heterocycles. The Balaban J connectivity index is 1.72. The van der Waals surface area contributed by atoms with Gasteiger partial charge in [0, 0.05) is 5.92 Å². The summed E-state index contributed by atoms with van der Waals surface area (Å²) in [5, 5.41) is 2.18. The number of carbonyl (C=O) groups is 2. The lowest BCUT2D eigenvalue weighted by Gasteiger charge is -2.33. The average molecular weight is 315 g/mol. The van der Waals surface area contributed by atoms with Crippen LogP contribution in [-0.4, -0.2) is 23.9 Å². The van der Waals surface area contributed by atoms with Gasteiger partial charge in [-0.3, -0.25) is 9.59 Å². The highest BCUT2D eigenvalue weighted by Gasteiger charge is 2.44. The van der Waals surface area contributed by atoms with Crippen LogP contribution >= 0.6 is 0 Å². The van der Waals surface area contributed by atoms with Crippen molar-refractivity contribution < 1.29 is 14.9 Å². The maximum atomic E-state index is 12.7. The third kappa shape index (κ3) is 3.18. The summed E-state index contributed by atoms with van der Waals surface area (Å²) in [4.78, 5) is 26.5. The van der Waals surface area contributed by atoms with Crippen molar-refractivity contribution in [2.75, 3.05) is 4.90 Å². The van der Waals surface area contributed by atoms with E-state index in [-0.39, 0.29) is 17.9 Å². The summed E-state index contributed by atoms with van der Waals surface area (Å²) in [6.07, 6.45) is 3.97. The minimum atomic E-state index is -0.249. The average Bonchev–Trinajstić information content (AvgIpc) is 2.79. The van der Waals surface area contributed by atoms with Crippen LogP contribution < -0.4 is 10.2 Å². The van der Waals surface area contributed by atoms with E-state index in [9.17, 15) is 9.59 Å². The molecular weight excluding hydrogens is 288 g/mol. The second-order valence-corrected chi connectivity index (χ2v) is 7.34. The Labute approximate surface area is 138 Å². The van der Waals surface area contributed by atoms with Crippen LogP contribution in [0.1, 0.15) is 45.1 Å². The third-order valence-corrected chi connectivity index (χ3v) is 5.72. The topological polar surface area (TPSA) is 54.0 Å². The number of rotatable bonds is 3. The van der Waals surface area contributed by atoms with Crippen molar-refractivity contribution in [3.63, 3.8) is 0 Å². The van der Waals surface area contributed by atoms with Gasteiger partial charge in [0.05, 0.1) is 18.2 Å². The molecular formula is C19H27N2O2+. The lowest BCUT2D eigenvalue weighted by atomic mass is 9.78. The number of nitrogens with zero attached hydrogens (tertiary/aromatic N) is 1. The van der Waals surface area contributed by atoms with Crippen LogP contribution in [0.3, 0.4) is 0 Å². The molecule has 4 heteroatoms. The number of anilines is 1. The molecule has 1 heterocycles. The zero-order valence-electron chi connectivity index (χ0n) is 14.3. The van der Waals surface area contributed by atoms with E-state index in [4.69, 9.17) is 0 Å². The van der Waals surface area contributed by atoms with Crippen LogP contribution in [0.5, 0.6) is 0 Å². The van der Waals surface area contributed by atoms with Gasteiger partial charge in [-0.05, 0) is 44.2 Å². The zero-order valence-corrected chi connectivity index (χ0v) is 14.3. The maximum absolute atomic E-state index is 12.7. The third-order valence-electron chi connectivity index (χ3n) is 5.72. The fourth-order valence-electron chi connectivity index (χ4n) is 3.96. The van der Waals surface area contributed by atoms with Crippen LogP contribution in [0.25, 0.3) is 0 Å². The van der Waals surface area contributed by atoms with Gasteiger partial charge in [-0.2, -0.15) is 0 Å². The highest BCUT2D eigenvalue weighted by atomic mass is 16.2. The first-order chi connectivity index (χ1) is 11.0. The molecule has 4 nitrogen and oxygen atoms in total. The molecule has 1 aromatic rings. The summed E-state index contributed by atoms with van der Waals surface area (Å²) in [7, 11) is 0. The van der Waals surface area contributed by atoms with Crippen LogP contribution in [0, 0.1) is 18.8 Å². The number of hydrogen-bond donors (Lipinski definition) is 1. The molecule has 23 heavy (non-hydrogen) atoms. The van der Waals surface area contributed by atoms with E-state index in [1.807, 2.05) is 31.2 Å². The van der Waals surface area contributed by atoms with Gasteiger partial charge in [-0.15, -0.1) is 0 Å². The van der Waals surface area contributed by atoms with Crippen molar-refractivity contribution >= 4 is 17.5 Å². The number of amides is 2. The monoisotopic (exact) mass is 315 g/mol. The minimum absolute atomic E-state index is 0.0516. The SMILES string of the molecule is Cc1ccc(N2C(=O)C[C@@H]([NH2+][C@H]3CCC[C@H](C)[C@@H]3C)C2=O)cc1. The number of carbonyl (C=O) groups excluding carboxylic acids is 2. The predicted octanol–water partition coefficient (Wildman–Crippen LogP) is 2.02. The molecule has 124 valence electrons. The van der Waals surface area contributed by atoms with Gasteiger partial charge in [0.15, 0.2) is 6.04 Å². The van der Waals surface area contributed by atoms with Crippen molar-refractivity contribution in [2.45, 2.75) is 58.5 Å². The van der Waals surface area contributed by atoms with Crippen molar-refractivity contribution in [1.29, 1.82) is 0 Å². The lowest BCUT2D eigenvalue weighted by molar-refractivity contribution is -0.716. The summed E-state index contributed by atoms with van der Waals surface area (Å²) >= 11 is 0. The molecule has 2 amide bonds. The van der Waals surface area contributed by atoms with Crippen LogP contribution in [0.2, 0.25) is 0 Å². The van der Waals surface area contributed by atoms with Crippen molar-refractivity contribution in [3.8, 4) is 0 Å². The van der Waals surface area contributed by atoms with Crippen LogP contribution in [0.4, 0.5) is 5.69 Å². The normalized spacial score (nSPS) is 31.7. The number of quaternary nitrogens is 1. The van der Waals surface area contributed by atoms with Gasteiger partial charge in [-0.25, -0.2) is 4.90 Å². The number of nitrogens with two attached hydrogens (primary N) is 1. The quantitative estimate of drug-likeness (QED) is 0.868. The Kier molecular flexibility index (Phi) is 4.53. The van der Waals surface area contributed by atoms with Gasteiger partial charge in [0.2, 0.25) is 5.91 Å². The number of imide groups is 1. The smallest absolute Gasteiger partial charge is 0.292 e. The molecule has 0 bridgehead atoms. The first kappa shape index (κ1) is 16.2. The van der Waals surface area contributed by atoms with Crippen molar-refractivity contribution in [1.82, 2.24) is 0 Å². The molecule has 0 radical (unpaired) electrons. The predicted molar refractivity (Wildman–Crippen MR) is 90.0 cm³/mol. The molecule has 1 aliphatic carbocycles. The molecule has 1 aliphatic heterocycles. The standard InChI is InChI=1S/C19H26N2O2/c1-12-7-9-15(10-8-12)21-18(22)11-17(19(21)23)20-16-6-4-5-13(2)14(16)3/h7-10,13-14,16-17,20H,4-6,11H2,1-3H3/p+1/t13-,14-,16-,17+/m0/s1. The number of hydrogen-bond acceptors (Lipinski definition) is 2. The number of benzene rings is 1. The minimum Gasteiger partial charge on any atom is -0.333 e. The Morgan fingerprint density at radius 2 is 1.78 bits per heavy atom. The van der Waals surface area contributed by atoms with Gasteiger partial charge in [0.25, 0.3) is 5.91 Å². The van der Waals surface area contributed by atoms with Crippen LogP contribution in [-0.2, 0) is 9.59 Å². The molecule has 2 fully saturated rings. The van der Waals surface area contributed by atoms with Gasteiger partial charge < -0.3 is 5.32 Å². The molecule has 3 rings (SSSR count). The molecule has 2 N–H and O–H groups in total. The summed E-state index contributed by atoms with van der Waals surface area (Å²) in [5.41, 5.74) is 1.83. The first-order valence-electron chi connectivity index (χ1n) is 8.76. The lowest BCUT2D eigenvalue weighted by Crippen LogP contribution is -2.97. The van der Waals surface area contributed by atoms with Gasteiger partial charge >= 0.3 is 0 Å². The summed E-state index contributed by atoms with van der Waals surface area (Å²) in [5.74, 6) is 1.17. The molecule has 0 spiro atoms. The fourth-order valence-corrected chi connectivity index (χ4v) is 3.96. The Morgan fingerprint density at radius 3 is 2.48 bits per heavy atom. The van der Waals surface area contributed by atoms with Gasteiger partial charge in [0.1, 0.15) is 0 Å². The zero-order chi connectivity index (χ0) is 16.6. The molecule has 1 aromatic carbocycles. The van der Waals surface area contributed by atoms with Crippen molar-refractivity contribution in [2.24, 2.45) is 11.8 Å². The highest BCUT2D eigenvalue weighted by Crippen LogP contribution is 2.28. The van der Waals surface area contributed by atoms with E-state index in [1.165, 1.54) is 17.7 Å². The van der Waals surface area contributed by atoms with E-state index in [1.54, 1.807) is 0 Å². The van der Waals surface area contributed by atoms with E-state index in [0.717, 1.165) is 12.0 Å². The largest absolute Gasteiger partial charge is 0.333 e. The van der Waals surface area contributed by atoms with E-state index in [2.05, 4.69) is 19.2 Å².